The zero-order valence-electron chi connectivity index (χ0n) is 10.9. The maximum atomic E-state index is 11.4. The number of methoxy groups -OCH3 is 1. The molecule has 0 fully saturated rings. The van der Waals surface area contributed by atoms with Crippen molar-refractivity contribution < 1.29 is 9.53 Å². The van der Waals surface area contributed by atoms with Crippen LogP contribution in [0.5, 0.6) is 0 Å². The van der Waals surface area contributed by atoms with Crippen molar-refractivity contribution >= 4 is 23.4 Å². The fraction of sp³-hybridized carbons (Fsp3) is 0.250. The first-order valence-electron chi connectivity index (χ1n) is 5.54. The highest BCUT2D eigenvalue weighted by Crippen LogP contribution is 2.30. The Hall–Kier alpha value is -2.02. The topological polar surface area (TPSA) is 83.0 Å². The molecule has 0 aliphatic heterocycles. The minimum absolute atomic E-state index is 0.234. The van der Waals surface area contributed by atoms with Gasteiger partial charge < -0.3 is 10.5 Å². The minimum atomic E-state index is -0.483. The maximum absolute atomic E-state index is 11.4. The zero-order valence-corrected chi connectivity index (χ0v) is 11.7. The predicted octanol–water partition coefficient (Wildman–Crippen LogP) is 1.64. The normalized spacial score (nSPS) is 10.5. The van der Waals surface area contributed by atoms with Gasteiger partial charge in [-0.05, 0) is 36.9 Å². The second-order valence-corrected chi connectivity index (χ2v) is 4.94. The Labute approximate surface area is 115 Å². The summed E-state index contributed by atoms with van der Waals surface area (Å²) >= 11 is 1.36. The second kappa shape index (κ2) is 5.31. The molecular weight excluding hydrogens is 264 g/mol. The van der Waals surface area contributed by atoms with Crippen molar-refractivity contribution in [1.82, 2.24) is 14.8 Å². The smallest absolute Gasteiger partial charge is 0.356 e. The largest absolute Gasteiger partial charge is 0.464 e. The van der Waals surface area contributed by atoms with Crippen molar-refractivity contribution in [1.29, 1.82) is 0 Å². The summed E-state index contributed by atoms with van der Waals surface area (Å²) in [6.07, 6.45) is 0. The SMILES string of the molecule is COC(=O)c1ccc(N)c(Sc2cc(C)nn2C)n1. The lowest BCUT2D eigenvalue weighted by Gasteiger charge is -2.06. The molecule has 7 heteroatoms. The van der Waals surface area contributed by atoms with Crippen LogP contribution in [-0.2, 0) is 11.8 Å². The van der Waals surface area contributed by atoms with Gasteiger partial charge in [-0.3, -0.25) is 4.68 Å². The third-order valence-corrected chi connectivity index (χ3v) is 3.56. The zero-order chi connectivity index (χ0) is 14.0. The number of nitrogen functional groups attached to an aromatic ring is 1. The quantitative estimate of drug-likeness (QED) is 0.859. The fourth-order valence-electron chi connectivity index (χ4n) is 1.53. The highest BCUT2D eigenvalue weighted by molar-refractivity contribution is 7.99. The first kappa shape index (κ1) is 13.4. The molecule has 0 aromatic carbocycles. The Bertz CT molecular complexity index is 624. The Balaban J connectivity index is 2.34. The van der Waals surface area contributed by atoms with Gasteiger partial charge in [0.15, 0.2) is 0 Å². The number of hydrogen-bond donors (Lipinski definition) is 1. The number of aryl methyl sites for hydroxylation is 2. The van der Waals surface area contributed by atoms with Crippen LogP contribution in [0.2, 0.25) is 0 Å². The molecule has 2 heterocycles. The number of esters is 1. The molecule has 0 saturated carbocycles. The van der Waals surface area contributed by atoms with E-state index in [4.69, 9.17) is 5.73 Å². The van der Waals surface area contributed by atoms with Crippen LogP contribution in [0.4, 0.5) is 5.69 Å². The standard InChI is InChI=1S/C12H14N4O2S/c1-7-6-10(16(2)15-7)19-11-8(13)4-5-9(14-11)12(17)18-3/h4-6H,13H2,1-3H3. The van der Waals surface area contributed by atoms with Crippen LogP contribution in [-0.4, -0.2) is 27.8 Å². The van der Waals surface area contributed by atoms with Crippen molar-refractivity contribution in [3.63, 3.8) is 0 Å². The van der Waals surface area contributed by atoms with Gasteiger partial charge in [0.05, 0.1) is 18.5 Å². The van der Waals surface area contributed by atoms with E-state index in [1.165, 1.54) is 18.9 Å². The molecule has 2 aromatic heterocycles. The van der Waals surface area contributed by atoms with Crippen LogP contribution in [0.3, 0.4) is 0 Å². The molecule has 0 spiro atoms. The average molecular weight is 278 g/mol. The molecule has 0 saturated heterocycles. The van der Waals surface area contributed by atoms with Gasteiger partial charge in [0.2, 0.25) is 0 Å². The summed E-state index contributed by atoms with van der Waals surface area (Å²) in [5, 5.41) is 5.71. The molecular formula is C12H14N4O2S. The molecule has 19 heavy (non-hydrogen) atoms. The number of ether oxygens (including phenoxy) is 1. The Kier molecular flexibility index (Phi) is 3.75. The number of aromatic nitrogens is 3. The van der Waals surface area contributed by atoms with Crippen molar-refractivity contribution in [3.05, 3.63) is 29.6 Å². The molecule has 0 atom stereocenters. The highest BCUT2D eigenvalue weighted by atomic mass is 32.2. The average Bonchev–Trinajstić information content (AvgIpc) is 2.69. The van der Waals surface area contributed by atoms with Crippen molar-refractivity contribution in [2.45, 2.75) is 17.0 Å². The summed E-state index contributed by atoms with van der Waals surface area (Å²) in [6, 6.07) is 5.11. The van der Waals surface area contributed by atoms with Gasteiger partial charge >= 0.3 is 5.97 Å². The Morgan fingerprint density at radius 1 is 1.47 bits per heavy atom. The molecule has 0 amide bonds. The summed E-state index contributed by atoms with van der Waals surface area (Å²) in [5.74, 6) is -0.483. The van der Waals surface area contributed by atoms with Gasteiger partial charge in [0, 0.05) is 7.05 Å². The van der Waals surface area contributed by atoms with Crippen molar-refractivity contribution in [3.8, 4) is 0 Å². The number of anilines is 1. The molecule has 2 N–H and O–H groups in total. The molecule has 0 aliphatic carbocycles. The summed E-state index contributed by atoms with van der Waals surface area (Å²) in [4.78, 5) is 15.7. The Morgan fingerprint density at radius 2 is 2.21 bits per heavy atom. The van der Waals surface area contributed by atoms with E-state index < -0.39 is 5.97 Å². The lowest BCUT2D eigenvalue weighted by atomic mass is 10.3. The number of carbonyl (C=O) groups is 1. The summed E-state index contributed by atoms with van der Waals surface area (Å²) in [6.45, 7) is 1.91. The number of nitrogens with zero attached hydrogens (tertiary/aromatic N) is 3. The van der Waals surface area contributed by atoms with E-state index in [-0.39, 0.29) is 5.69 Å². The van der Waals surface area contributed by atoms with E-state index >= 15 is 0 Å². The molecule has 0 bridgehead atoms. The maximum Gasteiger partial charge on any atom is 0.356 e. The van der Waals surface area contributed by atoms with Gasteiger partial charge in [-0.1, -0.05) is 0 Å². The first-order valence-corrected chi connectivity index (χ1v) is 6.36. The van der Waals surface area contributed by atoms with Gasteiger partial charge in [0.1, 0.15) is 15.7 Å². The van der Waals surface area contributed by atoms with Crippen LogP contribution < -0.4 is 5.73 Å². The number of pyridine rings is 1. The highest BCUT2D eigenvalue weighted by Gasteiger charge is 2.13. The van der Waals surface area contributed by atoms with Crippen LogP contribution in [0.15, 0.2) is 28.3 Å². The van der Waals surface area contributed by atoms with Gasteiger partial charge in [-0.15, -0.1) is 0 Å². The van der Waals surface area contributed by atoms with E-state index in [9.17, 15) is 4.79 Å². The number of nitrogens with two attached hydrogens (primary N) is 1. The Morgan fingerprint density at radius 3 is 2.79 bits per heavy atom. The number of carbonyl (C=O) groups excluding carboxylic acids is 1. The molecule has 2 aromatic rings. The van der Waals surface area contributed by atoms with E-state index in [0.717, 1.165) is 10.7 Å². The summed E-state index contributed by atoms with van der Waals surface area (Å²) < 4.78 is 6.38. The van der Waals surface area contributed by atoms with Crippen LogP contribution in [0, 0.1) is 6.92 Å². The summed E-state index contributed by atoms with van der Waals surface area (Å²) in [5.41, 5.74) is 7.53. The van der Waals surface area contributed by atoms with Crippen LogP contribution >= 0.6 is 11.8 Å². The molecule has 0 unspecified atom stereocenters. The minimum Gasteiger partial charge on any atom is -0.464 e. The lowest BCUT2D eigenvalue weighted by molar-refractivity contribution is 0.0593. The van der Waals surface area contributed by atoms with Crippen LogP contribution in [0.25, 0.3) is 0 Å². The lowest BCUT2D eigenvalue weighted by Crippen LogP contribution is -2.06. The summed E-state index contributed by atoms with van der Waals surface area (Å²) in [7, 11) is 3.16. The third-order valence-electron chi connectivity index (χ3n) is 2.44. The molecule has 0 radical (unpaired) electrons. The van der Waals surface area contributed by atoms with Crippen LogP contribution in [0.1, 0.15) is 16.2 Å². The van der Waals surface area contributed by atoms with Gasteiger partial charge in [0.25, 0.3) is 0 Å². The first-order chi connectivity index (χ1) is 9.01. The van der Waals surface area contributed by atoms with E-state index in [1.54, 1.807) is 16.8 Å². The van der Waals surface area contributed by atoms with E-state index in [2.05, 4.69) is 14.8 Å². The monoisotopic (exact) mass is 278 g/mol. The van der Waals surface area contributed by atoms with E-state index in [0.29, 0.717) is 10.7 Å². The second-order valence-electron chi connectivity index (χ2n) is 3.93. The number of rotatable bonds is 3. The van der Waals surface area contributed by atoms with Crippen molar-refractivity contribution in [2.75, 3.05) is 12.8 Å². The fourth-order valence-corrected chi connectivity index (χ4v) is 2.46. The van der Waals surface area contributed by atoms with Gasteiger partial charge in [-0.2, -0.15) is 5.10 Å². The number of hydrogen-bond acceptors (Lipinski definition) is 6. The van der Waals surface area contributed by atoms with E-state index in [1.807, 2.05) is 20.0 Å². The molecule has 0 aliphatic rings. The molecule has 6 nitrogen and oxygen atoms in total. The molecule has 100 valence electrons. The van der Waals surface area contributed by atoms with Gasteiger partial charge in [-0.25, -0.2) is 9.78 Å². The third kappa shape index (κ3) is 2.87. The predicted molar refractivity (Wildman–Crippen MR) is 72.1 cm³/mol. The van der Waals surface area contributed by atoms with Crippen molar-refractivity contribution in [2.24, 2.45) is 7.05 Å². The molecule has 2 rings (SSSR count).